The number of piperidine rings is 1. The van der Waals surface area contributed by atoms with Gasteiger partial charge in [-0.25, -0.2) is 0 Å². The molecule has 0 aliphatic carbocycles. The molecule has 1 aliphatic heterocycles. The van der Waals surface area contributed by atoms with Gasteiger partial charge in [-0.15, -0.1) is 0 Å². The largest absolute Gasteiger partial charge is 0.492 e. The van der Waals surface area contributed by atoms with E-state index >= 15 is 0 Å². The molecule has 0 radical (unpaired) electrons. The molecular weight excluding hydrogens is 396 g/mol. The molecular formula is C25H27ClN2O2. The van der Waals surface area contributed by atoms with Crippen molar-refractivity contribution >= 4 is 28.3 Å². The summed E-state index contributed by atoms with van der Waals surface area (Å²) < 4.78 is 5.81. The molecule has 4 rings (SSSR count). The maximum absolute atomic E-state index is 12.5. The van der Waals surface area contributed by atoms with E-state index in [2.05, 4.69) is 40.5 Å². The lowest BCUT2D eigenvalue weighted by Gasteiger charge is -2.31. The van der Waals surface area contributed by atoms with Crippen molar-refractivity contribution in [3.8, 4) is 5.75 Å². The van der Waals surface area contributed by atoms with Crippen LogP contribution in [0.3, 0.4) is 0 Å². The van der Waals surface area contributed by atoms with Gasteiger partial charge in [-0.3, -0.25) is 9.69 Å². The molecule has 156 valence electrons. The van der Waals surface area contributed by atoms with E-state index in [9.17, 15) is 4.79 Å². The highest BCUT2D eigenvalue weighted by molar-refractivity contribution is 6.30. The molecule has 5 heteroatoms. The fraction of sp³-hybridized carbons (Fsp3) is 0.320. The van der Waals surface area contributed by atoms with E-state index in [-0.39, 0.29) is 11.8 Å². The van der Waals surface area contributed by atoms with Gasteiger partial charge in [0.1, 0.15) is 12.4 Å². The zero-order valence-electron chi connectivity index (χ0n) is 17.0. The van der Waals surface area contributed by atoms with Crippen molar-refractivity contribution in [3.63, 3.8) is 0 Å². The van der Waals surface area contributed by atoms with Gasteiger partial charge in [0.25, 0.3) is 0 Å². The number of carbonyl (C=O) groups excluding carboxylic acids is 1. The summed E-state index contributed by atoms with van der Waals surface area (Å²) in [4.78, 5) is 14.9. The molecule has 30 heavy (non-hydrogen) atoms. The van der Waals surface area contributed by atoms with Crippen LogP contribution in [0, 0.1) is 5.92 Å². The Morgan fingerprint density at radius 2 is 1.73 bits per heavy atom. The Kier molecular flexibility index (Phi) is 6.88. The molecule has 1 saturated heterocycles. The van der Waals surface area contributed by atoms with Crippen molar-refractivity contribution in [2.24, 2.45) is 5.92 Å². The number of nitrogens with zero attached hydrogens (tertiary/aromatic N) is 1. The molecule has 1 N–H and O–H groups in total. The SMILES string of the molecule is O=C(NCCOc1ccc2ccccc2c1)C1CCN(Cc2ccc(Cl)cc2)CC1. The minimum atomic E-state index is 0.0899. The maximum atomic E-state index is 12.5. The second-order valence-corrected chi connectivity index (χ2v) is 8.26. The predicted octanol–water partition coefficient (Wildman–Crippen LogP) is 4.90. The molecule has 1 amide bonds. The fourth-order valence-corrected chi connectivity index (χ4v) is 4.07. The number of ether oxygens (including phenoxy) is 1. The average molecular weight is 423 g/mol. The van der Waals surface area contributed by atoms with E-state index in [1.165, 1.54) is 10.9 Å². The molecule has 0 aromatic heterocycles. The number of halogens is 1. The van der Waals surface area contributed by atoms with Gasteiger partial charge in [0.15, 0.2) is 0 Å². The summed E-state index contributed by atoms with van der Waals surface area (Å²) in [7, 11) is 0. The van der Waals surface area contributed by atoms with E-state index in [0.717, 1.165) is 48.6 Å². The fourth-order valence-electron chi connectivity index (χ4n) is 3.95. The molecule has 0 unspecified atom stereocenters. The Morgan fingerprint density at radius 1 is 1.00 bits per heavy atom. The van der Waals surface area contributed by atoms with Gasteiger partial charge in [-0.05, 0) is 66.5 Å². The van der Waals surface area contributed by atoms with Crippen LogP contribution in [0.5, 0.6) is 5.75 Å². The summed E-state index contributed by atoms with van der Waals surface area (Å²) >= 11 is 5.95. The number of hydrogen-bond acceptors (Lipinski definition) is 3. The Balaban J connectivity index is 1.16. The first kappa shape index (κ1) is 20.7. The second kappa shape index (κ2) is 9.96. The standard InChI is InChI=1S/C25H27ClN2O2/c26-23-8-5-19(6-9-23)18-28-14-11-21(12-15-28)25(29)27-13-16-30-24-10-7-20-3-1-2-4-22(20)17-24/h1-10,17,21H,11-16,18H2,(H,27,29). The van der Waals surface area contributed by atoms with E-state index in [1.54, 1.807) is 0 Å². The summed E-state index contributed by atoms with van der Waals surface area (Å²) in [6.07, 6.45) is 1.79. The third-order valence-corrected chi connectivity index (χ3v) is 5.92. The predicted molar refractivity (Wildman–Crippen MR) is 122 cm³/mol. The molecule has 0 spiro atoms. The quantitative estimate of drug-likeness (QED) is 0.550. The van der Waals surface area contributed by atoms with Crippen LogP contribution in [0.25, 0.3) is 10.8 Å². The van der Waals surface area contributed by atoms with Crippen LogP contribution in [-0.2, 0) is 11.3 Å². The lowest BCUT2D eigenvalue weighted by Crippen LogP contribution is -2.41. The minimum absolute atomic E-state index is 0.0899. The topological polar surface area (TPSA) is 41.6 Å². The third-order valence-electron chi connectivity index (χ3n) is 5.67. The molecule has 1 heterocycles. The van der Waals surface area contributed by atoms with Crippen LogP contribution in [0.1, 0.15) is 18.4 Å². The molecule has 3 aromatic rings. The Labute approximate surface area is 182 Å². The highest BCUT2D eigenvalue weighted by atomic mass is 35.5. The maximum Gasteiger partial charge on any atom is 0.223 e. The smallest absolute Gasteiger partial charge is 0.223 e. The zero-order chi connectivity index (χ0) is 20.8. The molecule has 1 fully saturated rings. The van der Waals surface area contributed by atoms with Crippen molar-refractivity contribution in [3.05, 3.63) is 77.3 Å². The number of carbonyl (C=O) groups is 1. The number of hydrogen-bond donors (Lipinski definition) is 1. The van der Waals surface area contributed by atoms with E-state index in [4.69, 9.17) is 16.3 Å². The van der Waals surface area contributed by atoms with Crippen molar-refractivity contribution < 1.29 is 9.53 Å². The lowest BCUT2D eigenvalue weighted by molar-refractivity contribution is -0.126. The number of benzene rings is 3. The normalized spacial score (nSPS) is 15.2. The number of amides is 1. The monoisotopic (exact) mass is 422 g/mol. The van der Waals surface area contributed by atoms with Gasteiger partial charge >= 0.3 is 0 Å². The second-order valence-electron chi connectivity index (χ2n) is 7.83. The van der Waals surface area contributed by atoms with E-state index in [0.29, 0.717) is 13.2 Å². The van der Waals surface area contributed by atoms with Crippen LogP contribution in [0.15, 0.2) is 66.7 Å². The minimum Gasteiger partial charge on any atom is -0.492 e. The van der Waals surface area contributed by atoms with Gasteiger partial charge in [-0.2, -0.15) is 0 Å². The van der Waals surface area contributed by atoms with Crippen LogP contribution in [0.2, 0.25) is 5.02 Å². The summed E-state index contributed by atoms with van der Waals surface area (Å²) in [6, 6.07) is 22.3. The van der Waals surface area contributed by atoms with Gasteiger partial charge in [0, 0.05) is 17.5 Å². The van der Waals surface area contributed by atoms with Crippen LogP contribution < -0.4 is 10.1 Å². The highest BCUT2D eigenvalue weighted by Crippen LogP contribution is 2.21. The average Bonchev–Trinajstić information content (AvgIpc) is 2.78. The van der Waals surface area contributed by atoms with Crippen LogP contribution in [-0.4, -0.2) is 37.0 Å². The Bertz CT molecular complexity index is 982. The molecule has 4 nitrogen and oxygen atoms in total. The van der Waals surface area contributed by atoms with Gasteiger partial charge in [0.2, 0.25) is 5.91 Å². The zero-order valence-corrected chi connectivity index (χ0v) is 17.8. The van der Waals surface area contributed by atoms with Gasteiger partial charge < -0.3 is 10.1 Å². The van der Waals surface area contributed by atoms with Crippen molar-refractivity contribution in [2.45, 2.75) is 19.4 Å². The summed E-state index contributed by atoms with van der Waals surface area (Å²) in [5, 5.41) is 6.15. The number of fused-ring (bicyclic) bond motifs is 1. The molecule has 3 aromatic carbocycles. The Hall–Kier alpha value is -2.56. The molecule has 1 aliphatic rings. The highest BCUT2D eigenvalue weighted by Gasteiger charge is 2.24. The number of likely N-dealkylation sites (tertiary alicyclic amines) is 1. The lowest BCUT2D eigenvalue weighted by atomic mass is 9.95. The molecule has 0 saturated carbocycles. The first-order chi connectivity index (χ1) is 14.7. The summed E-state index contributed by atoms with van der Waals surface area (Å²) in [5.41, 5.74) is 1.26. The number of nitrogens with one attached hydrogen (secondary N) is 1. The third kappa shape index (κ3) is 5.53. The van der Waals surface area contributed by atoms with E-state index < -0.39 is 0 Å². The Morgan fingerprint density at radius 3 is 2.50 bits per heavy atom. The molecule has 0 atom stereocenters. The van der Waals surface area contributed by atoms with Crippen molar-refractivity contribution in [1.82, 2.24) is 10.2 Å². The number of rotatable bonds is 7. The first-order valence-corrected chi connectivity index (χ1v) is 10.9. The van der Waals surface area contributed by atoms with Crippen molar-refractivity contribution in [2.75, 3.05) is 26.2 Å². The van der Waals surface area contributed by atoms with Crippen molar-refractivity contribution in [1.29, 1.82) is 0 Å². The molecule has 0 bridgehead atoms. The first-order valence-electron chi connectivity index (χ1n) is 10.5. The van der Waals surface area contributed by atoms with Crippen LogP contribution in [0.4, 0.5) is 0 Å². The summed E-state index contributed by atoms with van der Waals surface area (Å²) in [5.74, 6) is 1.06. The van der Waals surface area contributed by atoms with Gasteiger partial charge in [-0.1, -0.05) is 54.1 Å². The van der Waals surface area contributed by atoms with E-state index in [1.807, 2.05) is 36.4 Å². The summed E-state index contributed by atoms with van der Waals surface area (Å²) in [6.45, 7) is 3.78. The van der Waals surface area contributed by atoms with Gasteiger partial charge in [0.05, 0.1) is 6.54 Å². The van der Waals surface area contributed by atoms with Crippen LogP contribution >= 0.6 is 11.6 Å².